The van der Waals surface area contributed by atoms with Gasteiger partial charge in [0.25, 0.3) is 0 Å². The molecule has 90 valence electrons. The van der Waals surface area contributed by atoms with Gasteiger partial charge in [0.15, 0.2) is 0 Å². The number of pyridine rings is 1. The Kier molecular flexibility index (Phi) is 4.25. The zero-order valence-corrected chi connectivity index (χ0v) is 10.5. The normalized spacial score (nSPS) is 14.5. The monoisotopic (exact) mass is 248 g/mol. The van der Waals surface area contributed by atoms with Crippen molar-refractivity contribution in [3.8, 4) is 0 Å². The fourth-order valence-electron chi connectivity index (χ4n) is 1.59. The molecule has 0 aliphatic rings. The van der Waals surface area contributed by atoms with Gasteiger partial charge in [-0.25, -0.2) is 0 Å². The van der Waals surface area contributed by atoms with Crippen molar-refractivity contribution in [1.82, 2.24) is 10.3 Å². The highest BCUT2D eigenvalue weighted by Gasteiger charge is 2.16. The minimum Gasteiger partial charge on any atom is -0.386 e. The SMILES string of the molecule is CC(NCc1ccccn1)C(O)c1cccs1. The number of nitrogens with zero attached hydrogens (tertiary/aromatic N) is 1. The molecule has 2 atom stereocenters. The van der Waals surface area contributed by atoms with Gasteiger partial charge in [0.2, 0.25) is 0 Å². The number of hydrogen-bond donors (Lipinski definition) is 2. The smallest absolute Gasteiger partial charge is 0.103 e. The Bertz CT molecular complexity index is 430. The van der Waals surface area contributed by atoms with E-state index >= 15 is 0 Å². The molecule has 2 rings (SSSR count). The van der Waals surface area contributed by atoms with Gasteiger partial charge in [-0.2, -0.15) is 0 Å². The average Bonchev–Trinajstić information content (AvgIpc) is 2.90. The zero-order chi connectivity index (χ0) is 12.1. The van der Waals surface area contributed by atoms with Crippen molar-refractivity contribution in [2.24, 2.45) is 0 Å². The van der Waals surface area contributed by atoms with Crippen LogP contribution >= 0.6 is 11.3 Å². The number of aromatic nitrogens is 1. The highest BCUT2D eigenvalue weighted by Crippen LogP contribution is 2.21. The fraction of sp³-hybridized carbons (Fsp3) is 0.308. The van der Waals surface area contributed by atoms with Gasteiger partial charge in [0, 0.05) is 23.7 Å². The molecule has 0 aliphatic carbocycles. The highest BCUT2D eigenvalue weighted by molar-refractivity contribution is 7.10. The third kappa shape index (κ3) is 3.36. The number of nitrogens with one attached hydrogen (secondary N) is 1. The summed E-state index contributed by atoms with van der Waals surface area (Å²) in [6.07, 6.45) is 1.32. The van der Waals surface area contributed by atoms with Gasteiger partial charge < -0.3 is 10.4 Å². The van der Waals surface area contributed by atoms with E-state index in [2.05, 4.69) is 10.3 Å². The van der Waals surface area contributed by atoms with Crippen LogP contribution in [0.3, 0.4) is 0 Å². The van der Waals surface area contributed by atoms with E-state index in [1.54, 1.807) is 17.5 Å². The summed E-state index contributed by atoms with van der Waals surface area (Å²) in [7, 11) is 0. The largest absolute Gasteiger partial charge is 0.386 e. The van der Waals surface area contributed by atoms with Crippen molar-refractivity contribution >= 4 is 11.3 Å². The van der Waals surface area contributed by atoms with E-state index in [1.165, 1.54) is 0 Å². The van der Waals surface area contributed by atoms with E-state index in [-0.39, 0.29) is 6.04 Å². The molecule has 0 bridgehead atoms. The van der Waals surface area contributed by atoms with Gasteiger partial charge in [-0.05, 0) is 30.5 Å². The number of thiophene rings is 1. The van der Waals surface area contributed by atoms with Gasteiger partial charge in [0.05, 0.1) is 5.69 Å². The second-order valence-electron chi connectivity index (χ2n) is 3.95. The number of rotatable bonds is 5. The molecule has 17 heavy (non-hydrogen) atoms. The van der Waals surface area contributed by atoms with Crippen LogP contribution in [0.4, 0.5) is 0 Å². The van der Waals surface area contributed by atoms with Gasteiger partial charge in [-0.15, -0.1) is 11.3 Å². The minimum absolute atomic E-state index is 0.00987. The molecule has 2 N–H and O–H groups in total. The maximum Gasteiger partial charge on any atom is 0.103 e. The second-order valence-corrected chi connectivity index (χ2v) is 4.93. The fourth-order valence-corrected chi connectivity index (χ4v) is 2.40. The van der Waals surface area contributed by atoms with Crippen molar-refractivity contribution < 1.29 is 5.11 Å². The molecule has 0 aliphatic heterocycles. The molecule has 0 radical (unpaired) electrons. The first-order valence-electron chi connectivity index (χ1n) is 5.62. The predicted octanol–water partition coefficient (Wildman–Crippen LogP) is 2.35. The van der Waals surface area contributed by atoms with E-state index in [1.807, 2.05) is 42.6 Å². The van der Waals surface area contributed by atoms with Crippen molar-refractivity contribution in [2.45, 2.75) is 25.6 Å². The van der Waals surface area contributed by atoms with E-state index < -0.39 is 6.10 Å². The van der Waals surface area contributed by atoms with Crippen LogP contribution in [0.15, 0.2) is 41.9 Å². The Morgan fingerprint density at radius 3 is 2.88 bits per heavy atom. The Hall–Kier alpha value is -1.23. The van der Waals surface area contributed by atoms with E-state index in [0.717, 1.165) is 10.6 Å². The molecular formula is C13H16N2OS. The van der Waals surface area contributed by atoms with E-state index in [0.29, 0.717) is 6.54 Å². The summed E-state index contributed by atoms with van der Waals surface area (Å²) >= 11 is 1.58. The van der Waals surface area contributed by atoms with E-state index in [9.17, 15) is 5.11 Å². The lowest BCUT2D eigenvalue weighted by Crippen LogP contribution is -2.31. The summed E-state index contributed by atoms with van der Waals surface area (Å²) in [5, 5.41) is 15.3. The summed E-state index contributed by atoms with van der Waals surface area (Å²) in [5.41, 5.74) is 0.984. The van der Waals surface area contributed by atoms with Crippen molar-refractivity contribution in [3.05, 3.63) is 52.5 Å². The molecule has 2 unspecified atom stereocenters. The Labute approximate surface area is 105 Å². The molecule has 4 heteroatoms. The first-order valence-corrected chi connectivity index (χ1v) is 6.50. The first kappa shape index (κ1) is 12.2. The summed E-state index contributed by atoms with van der Waals surface area (Å²) in [6, 6.07) is 9.74. The maximum atomic E-state index is 10.1. The summed E-state index contributed by atoms with van der Waals surface area (Å²) in [5.74, 6) is 0. The average molecular weight is 248 g/mol. The summed E-state index contributed by atoms with van der Waals surface area (Å²) in [4.78, 5) is 5.22. The van der Waals surface area contributed by atoms with Crippen LogP contribution in [0.5, 0.6) is 0 Å². The molecule has 2 heterocycles. The first-order chi connectivity index (χ1) is 8.27. The van der Waals surface area contributed by atoms with Crippen molar-refractivity contribution in [1.29, 1.82) is 0 Å². The second kappa shape index (κ2) is 5.91. The van der Waals surface area contributed by atoms with Crippen LogP contribution in [-0.4, -0.2) is 16.1 Å². The predicted molar refractivity (Wildman–Crippen MR) is 69.8 cm³/mol. The molecular weight excluding hydrogens is 232 g/mol. The molecule has 0 aromatic carbocycles. The van der Waals surface area contributed by atoms with Crippen LogP contribution in [0.1, 0.15) is 23.6 Å². The minimum atomic E-state index is -0.460. The maximum absolute atomic E-state index is 10.1. The third-order valence-electron chi connectivity index (χ3n) is 2.64. The van der Waals surface area contributed by atoms with Crippen molar-refractivity contribution in [3.63, 3.8) is 0 Å². The topological polar surface area (TPSA) is 45.2 Å². The van der Waals surface area contributed by atoms with Crippen LogP contribution < -0.4 is 5.32 Å². The lowest BCUT2D eigenvalue weighted by molar-refractivity contribution is 0.138. The quantitative estimate of drug-likeness (QED) is 0.853. The lowest BCUT2D eigenvalue weighted by Gasteiger charge is -2.19. The van der Waals surface area contributed by atoms with Crippen LogP contribution in [0.2, 0.25) is 0 Å². The molecule has 2 aromatic rings. The zero-order valence-electron chi connectivity index (χ0n) is 9.71. The number of hydrogen-bond acceptors (Lipinski definition) is 4. The van der Waals surface area contributed by atoms with Gasteiger partial charge in [-0.1, -0.05) is 12.1 Å². The molecule has 3 nitrogen and oxygen atoms in total. The Balaban J connectivity index is 1.87. The standard InChI is InChI=1S/C13H16N2OS/c1-10(13(16)12-6-4-8-17-12)15-9-11-5-2-3-7-14-11/h2-8,10,13,15-16H,9H2,1H3. The molecule has 0 fully saturated rings. The molecule has 2 aromatic heterocycles. The summed E-state index contributed by atoms with van der Waals surface area (Å²) < 4.78 is 0. The van der Waals surface area contributed by atoms with Gasteiger partial charge in [-0.3, -0.25) is 4.98 Å². The number of aliphatic hydroxyl groups is 1. The van der Waals surface area contributed by atoms with Gasteiger partial charge >= 0.3 is 0 Å². The van der Waals surface area contributed by atoms with Crippen LogP contribution in [0, 0.1) is 0 Å². The van der Waals surface area contributed by atoms with Crippen molar-refractivity contribution in [2.75, 3.05) is 0 Å². The lowest BCUT2D eigenvalue weighted by atomic mass is 10.1. The number of aliphatic hydroxyl groups excluding tert-OH is 1. The van der Waals surface area contributed by atoms with Crippen LogP contribution in [0.25, 0.3) is 0 Å². The van der Waals surface area contributed by atoms with Crippen LogP contribution in [-0.2, 0) is 6.54 Å². The Morgan fingerprint density at radius 2 is 2.24 bits per heavy atom. The molecule has 0 amide bonds. The van der Waals surface area contributed by atoms with Gasteiger partial charge in [0.1, 0.15) is 6.10 Å². The van der Waals surface area contributed by atoms with E-state index in [4.69, 9.17) is 0 Å². The summed E-state index contributed by atoms with van der Waals surface area (Å²) in [6.45, 7) is 2.65. The highest BCUT2D eigenvalue weighted by atomic mass is 32.1. The Morgan fingerprint density at radius 1 is 1.35 bits per heavy atom. The molecule has 0 saturated heterocycles. The molecule has 0 spiro atoms. The molecule has 0 saturated carbocycles. The third-order valence-corrected chi connectivity index (χ3v) is 3.58.